The Bertz CT molecular complexity index is 530. The molecule has 1 aromatic heterocycles. The van der Waals surface area contributed by atoms with Gasteiger partial charge in [0.15, 0.2) is 0 Å². The number of aromatic nitrogens is 1. The third-order valence-electron chi connectivity index (χ3n) is 3.83. The summed E-state index contributed by atoms with van der Waals surface area (Å²) in [6.45, 7) is 2.41. The molecule has 2 N–H and O–H groups in total. The lowest BCUT2D eigenvalue weighted by Gasteiger charge is -2.42. The highest BCUT2D eigenvalue weighted by molar-refractivity contribution is 5.69. The van der Waals surface area contributed by atoms with Crippen LogP contribution in [-0.4, -0.2) is 46.1 Å². The van der Waals surface area contributed by atoms with Gasteiger partial charge in [-0.1, -0.05) is 6.92 Å². The molecule has 22 heavy (non-hydrogen) atoms. The van der Waals surface area contributed by atoms with Crippen molar-refractivity contribution in [3.63, 3.8) is 0 Å². The molecule has 1 aromatic rings. The van der Waals surface area contributed by atoms with E-state index in [1.54, 1.807) is 0 Å². The average Bonchev–Trinajstić information content (AvgIpc) is 2.39. The van der Waals surface area contributed by atoms with Crippen LogP contribution in [0.15, 0.2) is 18.3 Å². The Kier molecular flexibility index (Phi) is 4.90. The second-order valence-corrected chi connectivity index (χ2v) is 5.32. The number of hydrogen-bond donors (Lipinski definition) is 2. The second-order valence-electron chi connectivity index (χ2n) is 5.32. The first-order valence-electron chi connectivity index (χ1n) is 7.05. The van der Waals surface area contributed by atoms with E-state index in [0.29, 0.717) is 19.4 Å². The number of hydrogen-bond acceptors (Lipinski definition) is 4. The first kappa shape index (κ1) is 16.5. The van der Waals surface area contributed by atoms with Crippen molar-refractivity contribution in [1.29, 1.82) is 0 Å². The number of pyridine rings is 1. The zero-order valence-corrected chi connectivity index (χ0v) is 12.1. The van der Waals surface area contributed by atoms with Crippen molar-refractivity contribution in [2.45, 2.75) is 38.0 Å². The lowest BCUT2D eigenvalue weighted by molar-refractivity contribution is -0.139. The van der Waals surface area contributed by atoms with E-state index in [1.165, 1.54) is 12.3 Å². The van der Waals surface area contributed by atoms with E-state index >= 15 is 0 Å². The lowest BCUT2D eigenvalue weighted by atomic mass is 9.85. The van der Waals surface area contributed by atoms with Crippen LogP contribution < -0.4 is 5.32 Å². The SMILES string of the molecule is CCN(CC(=O)O)C1CC(Nc2ncccc2C(F)(F)F)C1. The monoisotopic (exact) mass is 317 g/mol. The van der Waals surface area contributed by atoms with E-state index in [4.69, 9.17) is 5.11 Å². The number of carboxylic acid groups (broad SMARTS) is 1. The van der Waals surface area contributed by atoms with Gasteiger partial charge in [0.2, 0.25) is 0 Å². The number of carbonyl (C=O) groups is 1. The van der Waals surface area contributed by atoms with Crippen molar-refractivity contribution in [2.24, 2.45) is 0 Å². The zero-order valence-electron chi connectivity index (χ0n) is 12.1. The Morgan fingerprint density at radius 3 is 2.73 bits per heavy atom. The number of anilines is 1. The van der Waals surface area contributed by atoms with Crippen molar-refractivity contribution in [2.75, 3.05) is 18.4 Å². The van der Waals surface area contributed by atoms with E-state index in [2.05, 4.69) is 10.3 Å². The van der Waals surface area contributed by atoms with Crippen LogP contribution in [0, 0.1) is 0 Å². The van der Waals surface area contributed by atoms with Crippen LogP contribution in [0.2, 0.25) is 0 Å². The van der Waals surface area contributed by atoms with Gasteiger partial charge in [-0.3, -0.25) is 9.69 Å². The summed E-state index contributed by atoms with van der Waals surface area (Å²) in [5, 5.41) is 11.6. The van der Waals surface area contributed by atoms with E-state index in [9.17, 15) is 18.0 Å². The first-order chi connectivity index (χ1) is 10.3. The Labute approximate surface area is 126 Å². The summed E-state index contributed by atoms with van der Waals surface area (Å²) in [4.78, 5) is 16.3. The molecular weight excluding hydrogens is 299 g/mol. The number of nitrogens with one attached hydrogen (secondary N) is 1. The molecule has 0 bridgehead atoms. The number of rotatable bonds is 6. The van der Waals surface area contributed by atoms with Crippen molar-refractivity contribution in [3.05, 3.63) is 23.9 Å². The summed E-state index contributed by atoms with van der Waals surface area (Å²) in [6, 6.07) is 2.21. The second kappa shape index (κ2) is 6.51. The molecule has 0 atom stereocenters. The maximum absolute atomic E-state index is 12.9. The number of alkyl halides is 3. The molecule has 2 rings (SSSR count). The summed E-state index contributed by atoms with van der Waals surface area (Å²) >= 11 is 0. The summed E-state index contributed by atoms with van der Waals surface area (Å²) in [7, 11) is 0. The van der Waals surface area contributed by atoms with Gasteiger partial charge in [-0.25, -0.2) is 4.98 Å². The van der Waals surface area contributed by atoms with Crippen LogP contribution in [0.3, 0.4) is 0 Å². The van der Waals surface area contributed by atoms with Crippen LogP contribution >= 0.6 is 0 Å². The highest BCUT2D eigenvalue weighted by Gasteiger charge is 2.38. The molecule has 0 amide bonds. The van der Waals surface area contributed by atoms with Crippen molar-refractivity contribution in [3.8, 4) is 0 Å². The van der Waals surface area contributed by atoms with E-state index in [0.717, 1.165) is 6.07 Å². The Balaban J connectivity index is 1.94. The number of likely N-dealkylation sites (N-methyl/N-ethyl adjacent to an activating group) is 1. The Hall–Kier alpha value is -1.83. The summed E-state index contributed by atoms with van der Waals surface area (Å²) < 4.78 is 38.6. The molecule has 0 spiro atoms. The molecule has 122 valence electrons. The van der Waals surface area contributed by atoms with E-state index in [-0.39, 0.29) is 24.4 Å². The van der Waals surface area contributed by atoms with Gasteiger partial charge in [0.25, 0.3) is 0 Å². The topological polar surface area (TPSA) is 65.5 Å². The van der Waals surface area contributed by atoms with Crippen molar-refractivity contribution in [1.82, 2.24) is 9.88 Å². The highest BCUT2D eigenvalue weighted by atomic mass is 19.4. The third kappa shape index (κ3) is 3.88. The molecular formula is C14H18F3N3O2. The minimum atomic E-state index is -4.45. The van der Waals surface area contributed by atoms with Gasteiger partial charge in [-0.15, -0.1) is 0 Å². The minimum absolute atomic E-state index is 0.0503. The fourth-order valence-corrected chi connectivity index (χ4v) is 2.62. The van der Waals surface area contributed by atoms with Gasteiger partial charge in [0.1, 0.15) is 5.82 Å². The quantitative estimate of drug-likeness (QED) is 0.844. The first-order valence-corrected chi connectivity index (χ1v) is 7.05. The Morgan fingerprint density at radius 2 is 2.18 bits per heavy atom. The molecule has 0 radical (unpaired) electrons. The molecule has 0 unspecified atom stereocenters. The fraction of sp³-hybridized carbons (Fsp3) is 0.571. The minimum Gasteiger partial charge on any atom is -0.480 e. The predicted octanol–water partition coefficient (Wildman–Crippen LogP) is 2.45. The van der Waals surface area contributed by atoms with Crippen LogP contribution in [0.5, 0.6) is 0 Å². The maximum Gasteiger partial charge on any atom is 0.419 e. The van der Waals surface area contributed by atoms with Gasteiger partial charge < -0.3 is 10.4 Å². The molecule has 0 aromatic carbocycles. The van der Waals surface area contributed by atoms with Gasteiger partial charge in [-0.2, -0.15) is 13.2 Å². The molecule has 1 aliphatic rings. The van der Waals surface area contributed by atoms with E-state index in [1.807, 2.05) is 11.8 Å². The van der Waals surface area contributed by atoms with Crippen LogP contribution in [0.25, 0.3) is 0 Å². The maximum atomic E-state index is 12.9. The zero-order chi connectivity index (χ0) is 16.3. The molecule has 1 heterocycles. The van der Waals surface area contributed by atoms with Gasteiger partial charge >= 0.3 is 12.1 Å². The van der Waals surface area contributed by atoms with Gasteiger partial charge in [0, 0.05) is 18.3 Å². The largest absolute Gasteiger partial charge is 0.480 e. The van der Waals surface area contributed by atoms with Gasteiger partial charge in [0.05, 0.1) is 12.1 Å². The highest BCUT2D eigenvalue weighted by Crippen LogP contribution is 2.35. The van der Waals surface area contributed by atoms with E-state index < -0.39 is 17.7 Å². The van der Waals surface area contributed by atoms with Crippen molar-refractivity contribution < 1.29 is 23.1 Å². The standard InChI is InChI=1S/C14H18F3N3O2/c1-2-20(8-12(21)22)10-6-9(7-10)19-13-11(14(15,16)17)4-3-5-18-13/h3-5,9-10H,2,6-8H2,1H3,(H,18,19)(H,21,22). The number of carboxylic acids is 1. The van der Waals surface area contributed by atoms with Crippen molar-refractivity contribution >= 4 is 11.8 Å². The molecule has 8 heteroatoms. The molecule has 1 saturated carbocycles. The summed E-state index contributed by atoms with van der Waals surface area (Å²) in [5.74, 6) is -1.07. The smallest absolute Gasteiger partial charge is 0.419 e. The summed E-state index contributed by atoms with van der Waals surface area (Å²) in [6.07, 6.45) is -1.92. The fourth-order valence-electron chi connectivity index (χ4n) is 2.62. The number of aliphatic carboxylic acids is 1. The van der Waals surface area contributed by atoms with Gasteiger partial charge in [-0.05, 0) is 31.5 Å². The molecule has 1 aliphatic carbocycles. The Morgan fingerprint density at radius 1 is 1.50 bits per heavy atom. The normalized spacial score (nSPS) is 21.5. The average molecular weight is 317 g/mol. The molecule has 0 aliphatic heterocycles. The molecule has 0 saturated heterocycles. The lowest BCUT2D eigenvalue weighted by Crippen LogP contribution is -2.51. The van der Waals surface area contributed by atoms with Crippen LogP contribution in [0.1, 0.15) is 25.3 Å². The summed E-state index contributed by atoms with van der Waals surface area (Å²) in [5.41, 5.74) is -0.781. The van der Waals surface area contributed by atoms with Crippen LogP contribution in [-0.2, 0) is 11.0 Å². The predicted molar refractivity (Wildman–Crippen MR) is 74.6 cm³/mol. The number of nitrogens with zero attached hydrogens (tertiary/aromatic N) is 2. The van der Waals surface area contributed by atoms with Crippen LogP contribution in [0.4, 0.5) is 19.0 Å². The third-order valence-corrected chi connectivity index (χ3v) is 3.83. The number of halogens is 3. The molecule has 1 fully saturated rings. The molecule has 5 nitrogen and oxygen atoms in total.